The first kappa shape index (κ1) is 20.8. The van der Waals surface area contributed by atoms with Crippen LogP contribution in [0, 0.1) is 17.3 Å². The molecule has 0 spiro atoms. The summed E-state index contributed by atoms with van der Waals surface area (Å²) in [7, 11) is 0. The molecule has 0 aliphatic heterocycles. The lowest BCUT2D eigenvalue weighted by molar-refractivity contribution is -0.120. The molecule has 2 aliphatic carbocycles. The first-order valence-electron chi connectivity index (χ1n) is 9.57. The molecule has 2 N–H and O–H groups in total. The van der Waals surface area contributed by atoms with Crippen molar-refractivity contribution in [3.8, 4) is 0 Å². The Labute approximate surface area is 161 Å². The van der Waals surface area contributed by atoms with E-state index in [4.69, 9.17) is 23.2 Å². The smallest absolute Gasteiger partial charge is 0.235 e. The van der Waals surface area contributed by atoms with Crippen LogP contribution in [0.5, 0.6) is 0 Å². The predicted octanol–water partition coefficient (Wildman–Crippen LogP) is 3.84. The summed E-state index contributed by atoms with van der Waals surface area (Å²) >= 11 is 11.2. The first-order valence-corrected chi connectivity index (χ1v) is 10.6. The Balaban J connectivity index is 1.80. The zero-order valence-electron chi connectivity index (χ0n) is 15.5. The van der Waals surface area contributed by atoms with Crippen molar-refractivity contribution in [1.29, 1.82) is 0 Å². The van der Waals surface area contributed by atoms with Crippen molar-refractivity contribution in [1.82, 2.24) is 10.6 Å². The van der Waals surface area contributed by atoms with Crippen LogP contribution >= 0.6 is 23.2 Å². The molecule has 0 aromatic rings. The maximum atomic E-state index is 11.5. The van der Waals surface area contributed by atoms with E-state index in [-0.39, 0.29) is 23.6 Å². The minimum Gasteiger partial charge on any atom is -0.352 e. The summed E-state index contributed by atoms with van der Waals surface area (Å²) in [5.41, 5.74) is 0.308. The van der Waals surface area contributed by atoms with Gasteiger partial charge in [0.05, 0.1) is 0 Å². The van der Waals surface area contributed by atoms with E-state index in [0.717, 1.165) is 25.7 Å². The largest absolute Gasteiger partial charge is 0.352 e. The number of halogens is 2. The van der Waals surface area contributed by atoms with E-state index < -0.39 is 0 Å². The molecule has 2 fully saturated rings. The van der Waals surface area contributed by atoms with E-state index in [1.165, 1.54) is 25.7 Å². The summed E-state index contributed by atoms with van der Waals surface area (Å²) in [5, 5.41) is 6.06. The molecular weight excluding hydrogens is 359 g/mol. The Morgan fingerprint density at radius 2 is 1.08 bits per heavy atom. The highest BCUT2D eigenvalue weighted by Crippen LogP contribution is 2.48. The average Bonchev–Trinajstić information content (AvgIpc) is 2.62. The van der Waals surface area contributed by atoms with Gasteiger partial charge in [0.2, 0.25) is 11.8 Å². The van der Waals surface area contributed by atoms with Crippen LogP contribution in [0.4, 0.5) is 0 Å². The molecule has 0 unspecified atom stereocenters. The Morgan fingerprint density at radius 1 is 0.760 bits per heavy atom. The summed E-state index contributed by atoms with van der Waals surface area (Å²) in [4.78, 5) is 22.9. The average molecular weight is 391 g/mol. The third-order valence-corrected chi connectivity index (χ3v) is 7.02. The van der Waals surface area contributed by atoms with E-state index in [9.17, 15) is 9.59 Å². The van der Waals surface area contributed by atoms with Crippen molar-refractivity contribution in [2.24, 2.45) is 17.3 Å². The van der Waals surface area contributed by atoms with Gasteiger partial charge in [0.1, 0.15) is 11.8 Å². The molecule has 0 atom stereocenters. The topological polar surface area (TPSA) is 58.2 Å². The van der Waals surface area contributed by atoms with Crippen molar-refractivity contribution in [3.05, 3.63) is 0 Å². The van der Waals surface area contributed by atoms with E-state index in [0.29, 0.717) is 29.3 Å². The second-order valence-corrected chi connectivity index (χ2v) is 8.86. The highest BCUT2D eigenvalue weighted by molar-refractivity contribution is 6.27. The molecule has 6 heteroatoms. The minimum absolute atomic E-state index is 0.0505. The number of hydrogen-bond acceptors (Lipinski definition) is 2. The van der Waals surface area contributed by atoms with E-state index in [2.05, 4.69) is 24.5 Å². The van der Waals surface area contributed by atoms with Gasteiger partial charge in [-0.3, -0.25) is 9.59 Å². The maximum Gasteiger partial charge on any atom is 0.235 e. The summed E-state index contributed by atoms with van der Waals surface area (Å²) in [6.45, 7) is 4.83. The van der Waals surface area contributed by atoms with Gasteiger partial charge >= 0.3 is 0 Å². The molecule has 0 radical (unpaired) electrons. The highest BCUT2D eigenvalue weighted by atomic mass is 35.5. The fraction of sp³-hybridized carbons (Fsp3) is 0.895. The van der Waals surface area contributed by atoms with Gasteiger partial charge in [0.25, 0.3) is 0 Å². The summed E-state index contributed by atoms with van der Waals surface area (Å²) < 4.78 is 0. The van der Waals surface area contributed by atoms with Crippen LogP contribution in [-0.4, -0.2) is 35.7 Å². The van der Waals surface area contributed by atoms with Gasteiger partial charge in [-0.15, -0.1) is 23.2 Å². The number of nitrogens with one attached hydrogen (secondary N) is 2. The normalized spacial score (nSPS) is 30.6. The van der Waals surface area contributed by atoms with E-state index in [1.807, 2.05) is 0 Å². The van der Waals surface area contributed by atoms with Gasteiger partial charge in [-0.25, -0.2) is 0 Å². The molecule has 2 aliphatic rings. The van der Waals surface area contributed by atoms with Crippen molar-refractivity contribution >= 4 is 35.0 Å². The summed E-state index contributed by atoms with van der Waals surface area (Å²) in [6.07, 6.45) is 8.89. The monoisotopic (exact) mass is 390 g/mol. The number of rotatable bonds is 6. The van der Waals surface area contributed by atoms with Crippen LogP contribution in [-0.2, 0) is 9.59 Å². The Kier molecular flexibility index (Phi) is 7.88. The van der Waals surface area contributed by atoms with Crippen LogP contribution in [0.15, 0.2) is 0 Å². The summed E-state index contributed by atoms with van der Waals surface area (Å²) in [6, 6.07) is 0.583. The van der Waals surface area contributed by atoms with Crippen LogP contribution in [0.2, 0.25) is 0 Å². The number of carbonyl (C=O) groups is 2. The van der Waals surface area contributed by atoms with Gasteiger partial charge < -0.3 is 10.6 Å². The van der Waals surface area contributed by atoms with E-state index >= 15 is 0 Å². The van der Waals surface area contributed by atoms with Crippen molar-refractivity contribution < 1.29 is 9.59 Å². The number of amides is 2. The molecule has 4 nitrogen and oxygen atoms in total. The quantitative estimate of drug-likeness (QED) is 0.676. The second-order valence-electron chi connectivity index (χ2n) is 8.32. The fourth-order valence-electron chi connectivity index (χ4n) is 4.83. The van der Waals surface area contributed by atoms with Crippen LogP contribution in [0.3, 0.4) is 0 Å². The van der Waals surface area contributed by atoms with Crippen molar-refractivity contribution in [2.75, 3.05) is 11.8 Å². The molecule has 0 aromatic carbocycles. The number of carbonyl (C=O) groups excluding carboxylic acids is 2. The van der Waals surface area contributed by atoms with Crippen LogP contribution in [0.1, 0.15) is 65.2 Å². The van der Waals surface area contributed by atoms with Gasteiger partial charge in [0.15, 0.2) is 0 Å². The SMILES string of the molecule is CC(C)(C1CCC(NC(=O)CCl)CC1)C1CCC(NC(=O)CCl)CC1. The van der Waals surface area contributed by atoms with Gasteiger partial charge in [0, 0.05) is 12.1 Å². The Bertz CT molecular complexity index is 414. The molecule has 0 saturated heterocycles. The van der Waals surface area contributed by atoms with Gasteiger partial charge in [-0.05, 0) is 68.6 Å². The third-order valence-electron chi connectivity index (χ3n) is 6.53. The van der Waals surface area contributed by atoms with Crippen molar-refractivity contribution in [3.63, 3.8) is 0 Å². The number of alkyl halides is 2. The molecular formula is C19H32Cl2N2O2. The molecule has 2 amide bonds. The van der Waals surface area contributed by atoms with Gasteiger partial charge in [-0.1, -0.05) is 13.8 Å². The molecule has 25 heavy (non-hydrogen) atoms. The predicted molar refractivity (Wildman–Crippen MR) is 103 cm³/mol. The highest BCUT2D eigenvalue weighted by Gasteiger charge is 2.40. The van der Waals surface area contributed by atoms with Gasteiger partial charge in [-0.2, -0.15) is 0 Å². The minimum atomic E-state index is -0.0540. The lowest BCUT2D eigenvalue weighted by Crippen LogP contribution is -2.44. The van der Waals surface area contributed by atoms with Crippen LogP contribution in [0.25, 0.3) is 0 Å². The zero-order valence-corrected chi connectivity index (χ0v) is 17.0. The molecule has 2 rings (SSSR count). The maximum absolute atomic E-state index is 11.5. The Morgan fingerprint density at radius 3 is 1.36 bits per heavy atom. The zero-order chi connectivity index (χ0) is 18.4. The lowest BCUT2D eigenvalue weighted by Gasteiger charge is -2.46. The molecule has 0 heterocycles. The molecule has 144 valence electrons. The third kappa shape index (κ3) is 5.75. The lowest BCUT2D eigenvalue weighted by atomic mass is 9.60. The summed E-state index contributed by atoms with van der Waals surface area (Å²) in [5.74, 6) is 1.40. The fourth-order valence-corrected chi connectivity index (χ4v) is 4.98. The number of hydrogen-bond donors (Lipinski definition) is 2. The first-order chi connectivity index (χ1) is 11.9. The van der Waals surface area contributed by atoms with E-state index in [1.54, 1.807) is 0 Å². The standard InChI is InChI=1S/C19H32Cl2N2O2/c1-19(2,13-3-7-15(8-4-13)22-17(24)11-20)14-5-9-16(10-6-14)23-18(25)12-21/h13-16H,3-12H2,1-2H3,(H,22,24)(H,23,25). The van der Waals surface area contributed by atoms with Crippen LogP contribution < -0.4 is 10.6 Å². The molecule has 0 aromatic heterocycles. The molecule has 2 saturated carbocycles. The molecule has 0 bridgehead atoms. The second kappa shape index (κ2) is 9.45. The van der Waals surface area contributed by atoms with Crippen molar-refractivity contribution in [2.45, 2.75) is 77.3 Å². The Hall–Kier alpha value is -0.480.